The zero-order valence-electron chi connectivity index (χ0n) is 10.9. The fourth-order valence-corrected chi connectivity index (χ4v) is 1.25. The van der Waals surface area contributed by atoms with Crippen molar-refractivity contribution in [3.8, 4) is 11.5 Å². The number of rotatable bonds is 7. The molecule has 0 aliphatic heterocycles. The molecule has 0 unspecified atom stereocenters. The van der Waals surface area contributed by atoms with Crippen LogP contribution in [0.2, 0.25) is 0 Å². The Hall–Kier alpha value is -1.97. The van der Waals surface area contributed by atoms with Crippen molar-refractivity contribution >= 4 is 5.91 Å². The molecule has 0 heterocycles. The molecule has 1 N–H and O–H groups in total. The number of hydrogen-bond donors (Lipinski definition) is 1. The monoisotopic (exact) mass is 249 g/mol. The standard InChI is InChI=1S/C14H19NO3/c1-4-17-12-5-7-13(8-6-12)18-10-14(16)15-9-11(2)3/h5-8H,2,4,9-10H2,1,3H3,(H,15,16). The lowest BCUT2D eigenvalue weighted by Gasteiger charge is -2.08. The summed E-state index contributed by atoms with van der Waals surface area (Å²) in [6.07, 6.45) is 0. The topological polar surface area (TPSA) is 47.6 Å². The van der Waals surface area contributed by atoms with E-state index in [9.17, 15) is 4.79 Å². The summed E-state index contributed by atoms with van der Waals surface area (Å²) in [7, 11) is 0. The SMILES string of the molecule is C=C(C)CNC(=O)COc1ccc(OCC)cc1. The van der Waals surface area contributed by atoms with Crippen LogP contribution in [0.1, 0.15) is 13.8 Å². The van der Waals surface area contributed by atoms with Crippen molar-refractivity contribution in [2.24, 2.45) is 0 Å². The highest BCUT2D eigenvalue weighted by Crippen LogP contribution is 2.17. The zero-order valence-corrected chi connectivity index (χ0v) is 10.9. The molecule has 4 heteroatoms. The van der Waals surface area contributed by atoms with Crippen molar-refractivity contribution < 1.29 is 14.3 Å². The first-order valence-corrected chi connectivity index (χ1v) is 5.88. The highest BCUT2D eigenvalue weighted by molar-refractivity contribution is 5.77. The van der Waals surface area contributed by atoms with Gasteiger partial charge in [-0.15, -0.1) is 0 Å². The second kappa shape index (κ2) is 7.37. The highest BCUT2D eigenvalue weighted by Gasteiger charge is 2.02. The van der Waals surface area contributed by atoms with E-state index in [1.165, 1.54) is 0 Å². The summed E-state index contributed by atoms with van der Waals surface area (Å²) in [6, 6.07) is 7.17. The maximum absolute atomic E-state index is 11.4. The second-order valence-electron chi connectivity index (χ2n) is 3.93. The normalized spacial score (nSPS) is 9.67. The molecule has 0 fully saturated rings. The van der Waals surface area contributed by atoms with E-state index in [0.29, 0.717) is 18.9 Å². The summed E-state index contributed by atoms with van der Waals surface area (Å²) in [5.74, 6) is 1.27. The van der Waals surface area contributed by atoms with E-state index in [0.717, 1.165) is 11.3 Å². The van der Waals surface area contributed by atoms with E-state index in [4.69, 9.17) is 9.47 Å². The van der Waals surface area contributed by atoms with Crippen molar-refractivity contribution in [1.29, 1.82) is 0 Å². The molecule has 0 aliphatic carbocycles. The summed E-state index contributed by atoms with van der Waals surface area (Å²) < 4.78 is 10.6. The van der Waals surface area contributed by atoms with E-state index in [-0.39, 0.29) is 12.5 Å². The van der Waals surface area contributed by atoms with Gasteiger partial charge in [0.05, 0.1) is 6.61 Å². The fraction of sp³-hybridized carbons (Fsp3) is 0.357. The molecule has 0 saturated carbocycles. The minimum absolute atomic E-state index is 0.00125. The maximum atomic E-state index is 11.4. The molecule has 98 valence electrons. The smallest absolute Gasteiger partial charge is 0.258 e. The molecule has 0 spiro atoms. The van der Waals surface area contributed by atoms with Crippen LogP contribution in [0.4, 0.5) is 0 Å². The van der Waals surface area contributed by atoms with Gasteiger partial charge in [0, 0.05) is 6.54 Å². The average molecular weight is 249 g/mol. The van der Waals surface area contributed by atoms with Crippen LogP contribution < -0.4 is 14.8 Å². The van der Waals surface area contributed by atoms with Crippen LogP contribution in [0, 0.1) is 0 Å². The van der Waals surface area contributed by atoms with Crippen LogP contribution in [0.15, 0.2) is 36.4 Å². The Morgan fingerprint density at radius 2 is 1.78 bits per heavy atom. The van der Waals surface area contributed by atoms with Crippen molar-refractivity contribution in [1.82, 2.24) is 5.32 Å². The van der Waals surface area contributed by atoms with Gasteiger partial charge in [-0.25, -0.2) is 0 Å². The molecular formula is C14H19NO3. The van der Waals surface area contributed by atoms with Gasteiger partial charge in [-0.2, -0.15) is 0 Å². The lowest BCUT2D eigenvalue weighted by Crippen LogP contribution is -2.29. The number of ether oxygens (including phenoxy) is 2. The third-order valence-corrected chi connectivity index (χ3v) is 2.09. The van der Waals surface area contributed by atoms with Gasteiger partial charge in [0.15, 0.2) is 6.61 Å². The van der Waals surface area contributed by atoms with Crippen molar-refractivity contribution in [2.75, 3.05) is 19.8 Å². The molecule has 0 aromatic heterocycles. The number of nitrogens with one attached hydrogen (secondary N) is 1. The lowest BCUT2D eigenvalue weighted by atomic mass is 10.3. The van der Waals surface area contributed by atoms with Crippen LogP contribution in [0.3, 0.4) is 0 Å². The number of benzene rings is 1. The molecule has 18 heavy (non-hydrogen) atoms. The minimum atomic E-state index is -0.160. The van der Waals surface area contributed by atoms with Gasteiger partial charge in [0.2, 0.25) is 0 Å². The zero-order chi connectivity index (χ0) is 13.4. The van der Waals surface area contributed by atoms with Crippen molar-refractivity contribution in [3.63, 3.8) is 0 Å². The molecule has 0 aliphatic rings. The molecular weight excluding hydrogens is 230 g/mol. The predicted molar refractivity (Wildman–Crippen MR) is 70.9 cm³/mol. The Bertz CT molecular complexity index is 398. The Kier molecular flexibility index (Phi) is 5.77. The van der Waals surface area contributed by atoms with Crippen LogP contribution in [-0.4, -0.2) is 25.7 Å². The first-order chi connectivity index (χ1) is 8.61. The quantitative estimate of drug-likeness (QED) is 0.753. The largest absolute Gasteiger partial charge is 0.494 e. The summed E-state index contributed by atoms with van der Waals surface area (Å²) in [6.45, 7) is 8.59. The first kappa shape index (κ1) is 14.1. The van der Waals surface area contributed by atoms with E-state index in [2.05, 4.69) is 11.9 Å². The Labute approximate surface area is 108 Å². The molecule has 1 amide bonds. The Morgan fingerprint density at radius 3 is 2.28 bits per heavy atom. The summed E-state index contributed by atoms with van der Waals surface area (Å²) in [5, 5.41) is 2.70. The predicted octanol–water partition coefficient (Wildman–Crippen LogP) is 2.16. The number of amides is 1. The van der Waals surface area contributed by atoms with Gasteiger partial charge in [-0.3, -0.25) is 4.79 Å². The molecule has 1 aromatic carbocycles. The van der Waals surface area contributed by atoms with Crippen molar-refractivity contribution in [3.05, 3.63) is 36.4 Å². The van der Waals surface area contributed by atoms with E-state index in [1.54, 1.807) is 12.1 Å². The van der Waals surface area contributed by atoms with E-state index >= 15 is 0 Å². The molecule has 0 bridgehead atoms. The summed E-state index contributed by atoms with van der Waals surface area (Å²) in [4.78, 5) is 11.4. The van der Waals surface area contributed by atoms with Gasteiger partial charge in [0.1, 0.15) is 11.5 Å². The maximum Gasteiger partial charge on any atom is 0.258 e. The average Bonchev–Trinajstić information content (AvgIpc) is 2.36. The fourth-order valence-electron chi connectivity index (χ4n) is 1.25. The highest BCUT2D eigenvalue weighted by atomic mass is 16.5. The summed E-state index contributed by atoms with van der Waals surface area (Å²) in [5.41, 5.74) is 0.907. The number of hydrogen-bond acceptors (Lipinski definition) is 3. The second-order valence-corrected chi connectivity index (χ2v) is 3.93. The van der Waals surface area contributed by atoms with Crippen LogP contribution in [0.5, 0.6) is 11.5 Å². The van der Waals surface area contributed by atoms with Gasteiger partial charge >= 0.3 is 0 Å². The summed E-state index contributed by atoms with van der Waals surface area (Å²) >= 11 is 0. The number of carbonyl (C=O) groups excluding carboxylic acids is 1. The van der Waals surface area contributed by atoms with Gasteiger partial charge < -0.3 is 14.8 Å². The Morgan fingerprint density at radius 1 is 1.22 bits per heavy atom. The third kappa shape index (κ3) is 5.39. The molecule has 4 nitrogen and oxygen atoms in total. The third-order valence-electron chi connectivity index (χ3n) is 2.09. The van der Waals surface area contributed by atoms with E-state index in [1.807, 2.05) is 26.0 Å². The van der Waals surface area contributed by atoms with Crippen LogP contribution in [0.25, 0.3) is 0 Å². The van der Waals surface area contributed by atoms with E-state index < -0.39 is 0 Å². The first-order valence-electron chi connectivity index (χ1n) is 5.88. The van der Waals surface area contributed by atoms with Crippen LogP contribution in [-0.2, 0) is 4.79 Å². The van der Waals surface area contributed by atoms with Gasteiger partial charge in [-0.05, 0) is 38.1 Å². The molecule has 0 saturated heterocycles. The molecule has 1 aromatic rings. The molecule has 1 rings (SSSR count). The van der Waals surface area contributed by atoms with Crippen molar-refractivity contribution in [2.45, 2.75) is 13.8 Å². The van der Waals surface area contributed by atoms with Gasteiger partial charge in [0.25, 0.3) is 5.91 Å². The van der Waals surface area contributed by atoms with Crippen LogP contribution >= 0.6 is 0 Å². The Balaban J connectivity index is 2.34. The molecule has 0 radical (unpaired) electrons. The van der Waals surface area contributed by atoms with Gasteiger partial charge in [-0.1, -0.05) is 12.2 Å². The minimum Gasteiger partial charge on any atom is -0.494 e. The lowest BCUT2D eigenvalue weighted by molar-refractivity contribution is -0.122. The number of carbonyl (C=O) groups is 1. The molecule has 0 atom stereocenters.